The van der Waals surface area contributed by atoms with E-state index in [9.17, 15) is 18.9 Å². The number of pyridine rings is 1. The van der Waals surface area contributed by atoms with Crippen LogP contribution in [0.5, 0.6) is 0 Å². The maximum absolute atomic E-state index is 12.6. The highest BCUT2D eigenvalue weighted by Crippen LogP contribution is 2.33. The smallest absolute Gasteiger partial charge is 0.259 e. The molecule has 0 aliphatic heterocycles. The summed E-state index contributed by atoms with van der Waals surface area (Å²) >= 11 is 5.39. The molecule has 4 nitrogen and oxygen atoms in total. The van der Waals surface area contributed by atoms with Gasteiger partial charge >= 0.3 is 0 Å². The van der Waals surface area contributed by atoms with Crippen molar-refractivity contribution in [2.45, 2.75) is 19.2 Å². The zero-order valence-electron chi connectivity index (χ0n) is 7.71. The fourth-order valence-electron chi connectivity index (χ4n) is 1.23. The molecule has 0 aliphatic carbocycles. The van der Waals surface area contributed by atoms with Crippen molar-refractivity contribution < 1.29 is 13.7 Å². The summed E-state index contributed by atoms with van der Waals surface area (Å²) in [6.45, 7) is 1.36. The first-order valence-electron chi connectivity index (χ1n) is 3.96. The Hall–Kier alpha value is -1.30. The van der Waals surface area contributed by atoms with Crippen LogP contribution >= 0.6 is 11.6 Å². The van der Waals surface area contributed by atoms with E-state index in [1.165, 1.54) is 13.1 Å². The molecule has 0 unspecified atom stereocenters. The SMILES string of the molecule is Cc1cnc(CCl)c(C(F)F)c1[N+](=O)[O-]. The Labute approximate surface area is 89.0 Å². The largest absolute Gasteiger partial charge is 0.284 e. The maximum atomic E-state index is 12.6. The van der Waals surface area contributed by atoms with Crippen LogP contribution in [0.3, 0.4) is 0 Å². The lowest BCUT2D eigenvalue weighted by molar-refractivity contribution is -0.387. The zero-order chi connectivity index (χ0) is 11.6. The van der Waals surface area contributed by atoms with Gasteiger partial charge in [-0.3, -0.25) is 15.1 Å². The summed E-state index contributed by atoms with van der Waals surface area (Å²) in [7, 11) is 0. The third-order valence-corrected chi connectivity index (χ3v) is 2.13. The van der Waals surface area contributed by atoms with Gasteiger partial charge < -0.3 is 0 Å². The fourth-order valence-corrected chi connectivity index (χ4v) is 1.45. The molecular formula is C8H7ClF2N2O2. The van der Waals surface area contributed by atoms with Crippen LogP contribution in [0, 0.1) is 17.0 Å². The molecule has 15 heavy (non-hydrogen) atoms. The lowest BCUT2D eigenvalue weighted by Crippen LogP contribution is -2.04. The van der Waals surface area contributed by atoms with Crippen LogP contribution in [-0.4, -0.2) is 9.91 Å². The Kier molecular flexibility index (Phi) is 3.52. The van der Waals surface area contributed by atoms with Crippen molar-refractivity contribution in [2.24, 2.45) is 0 Å². The van der Waals surface area contributed by atoms with Crippen molar-refractivity contribution in [3.63, 3.8) is 0 Å². The number of hydrogen-bond donors (Lipinski definition) is 0. The third-order valence-electron chi connectivity index (χ3n) is 1.88. The van der Waals surface area contributed by atoms with Gasteiger partial charge in [0.15, 0.2) is 0 Å². The van der Waals surface area contributed by atoms with Gasteiger partial charge in [0.2, 0.25) is 0 Å². The first-order chi connectivity index (χ1) is 6.99. The molecule has 1 aromatic heterocycles. The summed E-state index contributed by atoms with van der Waals surface area (Å²) in [5.41, 5.74) is -1.33. The Balaban J connectivity index is 3.51. The van der Waals surface area contributed by atoms with Crippen LogP contribution in [0.25, 0.3) is 0 Å². The first kappa shape index (κ1) is 11.8. The minimum absolute atomic E-state index is 0.101. The summed E-state index contributed by atoms with van der Waals surface area (Å²) < 4.78 is 25.2. The summed E-state index contributed by atoms with van der Waals surface area (Å²) in [5.74, 6) is -0.277. The molecular weight excluding hydrogens is 230 g/mol. The van der Waals surface area contributed by atoms with E-state index < -0.39 is 22.6 Å². The van der Waals surface area contributed by atoms with Gasteiger partial charge in [0, 0.05) is 11.8 Å². The number of aryl methyl sites for hydroxylation is 1. The standard InChI is InChI=1S/C8H7ClF2N2O2/c1-4-3-12-5(2-9)6(8(10)11)7(4)13(14)15/h3,8H,2H2,1H3. The van der Waals surface area contributed by atoms with Crippen LogP contribution in [0.4, 0.5) is 14.5 Å². The molecule has 1 rings (SSSR count). The van der Waals surface area contributed by atoms with E-state index in [1.54, 1.807) is 0 Å². The molecule has 1 aromatic rings. The predicted octanol–water partition coefficient (Wildman–Crippen LogP) is 2.97. The van der Waals surface area contributed by atoms with Crippen LogP contribution < -0.4 is 0 Å². The van der Waals surface area contributed by atoms with Gasteiger partial charge in [-0.2, -0.15) is 0 Å². The van der Waals surface area contributed by atoms with E-state index in [4.69, 9.17) is 11.6 Å². The van der Waals surface area contributed by atoms with Crippen molar-refractivity contribution in [1.29, 1.82) is 0 Å². The van der Waals surface area contributed by atoms with Gasteiger partial charge in [0.05, 0.1) is 16.5 Å². The molecule has 0 aliphatic rings. The fraction of sp³-hybridized carbons (Fsp3) is 0.375. The highest BCUT2D eigenvalue weighted by Gasteiger charge is 2.28. The topological polar surface area (TPSA) is 56.0 Å². The third kappa shape index (κ3) is 2.20. The van der Waals surface area contributed by atoms with Gasteiger partial charge in [-0.05, 0) is 6.92 Å². The number of alkyl halides is 3. The molecule has 1 heterocycles. The van der Waals surface area contributed by atoms with Crippen molar-refractivity contribution >= 4 is 17.3 Å². The molecule has 0 fully saturated rings. The summed E-state index contributed by atoms with van der Waals surface area (Å²) in [6.07, 6.45) is -1.78. The molecule has 0 radical (unpaired) electrons. The molecule has 0 aromatic carbocycles. The van der Waals surface area contributed by atoms with E-state index >= 15 is 0 Å². The highest BCUT2D eigenvalue weighted by molar-refractivity contribution is 6.17. The second-order valence-corrected chi connectivity index (χ2v) is 3.11. The van der Waals surface area contributed by atoms with Crippen molar-refractivity contribution in [3.8, 4) is 0 Å². The van der Waals surface area contributed by atoms with Gasteiger partial charge in [-0.25, -0.2) is 8.78 Å². The Morgan fingerprint density at radius 3 is 2.67 bits per heavy atom. The average molecular weight is 237 g/mol. The van der Waals surface area contributed by atoms with Crippen LogP contribution in [0.2, 0.25) is 0 Å². The predicted molar refractivity (Wildman–Crippen MR) is 50.1 cm³/mol. The molecule has 7 heteroatoms. The number of aromatic nitrogens is 1. The van der Waals surface area contributed by atoms with Crippen molar-refractivity contribution in [1.82, 2.24) is 4.98 Å². The second-order valence-electron chi connectivity index (χ2n) is 2.84. The molecule has 0 atom stereocenters. The van der Waals surface area contributed by atoms with E-state index in [0.29, 0.717) is 0 Å². The van der Waals surface area contributed by atoms with E-state index in [0.717, 1.165) is 0 Å². The lowest BCUT2D eigenvalue weighted by Gasteiger charge is -2.07. The monoisotopic (exact) mass is 236 g/mol. The van der Waals surface area contributed by atoms with Crippen molar-refractivity contribution in [3.05, 3.63) is 33.1 Å². The number of rotatable bonds is 3. The van der Waals surface area contributed by atoms with Crippen molar-refractivity contribution in [2.75, 3.05) is 0 Å². The molecule has 0 N–H and O–H groups in total. The first-order valence-corrected chi connectivity index (χ1v) is 4.49. The second kappa shape index (κ2) is 4.48. The van der Waals surface area contributed by atoms with Gasteiger partial charge in [0.25, 0.3) is 12.1 Å². The quantitative estimate of drug-likeness (QED) is 0.461. The summed E-state index contributed by atoms with van der Waals surface area (Å²) in [5, 5.41) is 10.6. The van der Waals surface area contributed by atoms with E-state index in [1.807, 2.05) is 0 Å². The molecule has 0 saturated heterocycles. The number of halogens is 3. The minimum atomic E-state index is -2.95. The Bertz CT molecular complexity index is 398. The van der Waals surface area contributed by atoms with Crippen LogP contribution in [0.15, 0.2) is 6.20 Å². The summed E-state index contributed by atoms with van der Waals surface area (Å²) in [6, 6.07) is 0. The van der Waals surface area contributed by atoms with E-state index in [-0.39, 0.29) is 17.1 Å². The van der Waals surface area contributed by atoms with Crippen LogP contribution in [-0.2, 0) is 5.88 Å². The number of nitrogens with zero attached hydrogens (tertiary/aromatic N) is 2. The number of hydrogen-bond acceptors (Lipinski definition) is 3. The molecule has 0 saturated carbocycles. The van der Waals surface area contributed by atoms with Gasteiger partial charge in [-0.15, -0.1) is 11.6 Å². The number of nitro groups is 1. The zero-order valence-corrected chi connectivity index (χ0v) is 8.46. The average Bonchev–Trinajstić information content (AvgIpc) is 2.16. The van der Waals surface area contributed by atoms with E-state index in [2.05, 4.69) is 4.98 Å². The minimum Gasteiger partial charge on any atom is -0.259 e. The molecule has 0 amide bonds. The maximum Gasteiger partial charge on any atom is 0.284 e. The highest BCUT2D eigenvalue weighted by atomic mass is 35.5. The normalized spacial score (nSPS) is 10.7. The summed E-state index contributed by atoms with van der Waals surface area (Å²) in [4.78, 5) is 13.4. The van der Waals surface area contributed by atoms with Crippen LogP contribution in [0.1, 0.15) is 23.2 Å². The van der Waals surface area contributed by atoms with Gasteiger partial charge in [-0.1, -0.05) is 0 Å². The molecule has 0 spiro atoms. The Morgan fingerprint density at radius 2 is 2.27 bits per heavy atom. The Morgan fingerprint density at radius 1 is 1.67 bits per heavy atom. The van der Waals surface area contributed by atoms with Gasteiger partial charge in [0.1, 0.15) is 5.56 Å². The molecule has 82 valence electrons. The molecule has 0 bridgehead atoms. The lowest BCUT2D eigenvalue weighted by atomic mass is 10.1.